The first-order chi connectivity index (χ1) is 11.2. The Balaban J connectivity index is 0. The van der Waals surface area contributed by atoms with Crippen LogP contribution in [0.4, 0.5) is 0 Å². The molecular weight excluding hydrogens is 334 g/mol. The quantitative estimate of drug-likeness (QED) is 0.476. The van der Waals surface area contributed by atoms with E-state index in [1.54, 1.807) is 0 Å². The van der Waals surface area contributed by atoms with E-state index < -0.39 is 17.8 Å². The Morgan fingerprint density at radius 2 is 1.00 bits per heavy atom. The smallest absolute Gasteiger partial charge is 0.376 e. The normalized spacial score (nSPS) is 12.5. The zero-order chi connectivity index (χ0) is 19.3. The van der Waals surface area contributed by atoms with E-state index in [9.17, 15) is 0 Å². The molecule has 6 heteroatoms. The molecule has 0 aromatic heterocycles. The third-order valence-corrected chi connectivity index (χ3v) is 13.8. The molecular formula is C18H45NO3Si2. The van der Waals surface area contributed by atoms with Gasteiger partial charge in [-0.05, 0) is 51.0 Å². The number of hydrogen-bond acceptors (Lipinski definition) is 4. The number of nitrogens with zero attached hydrogens (tertiary/aromatic N) is 1. The summed E-state index contributed by atoms with van der Waals surface area (Å²) in [5.41, 5.74) is 2.52. The van der Waals surface area contributed by atoms with Crippen molar-refractivity contribution in [2.45, 2.75) is 85.9 Å². The van der Waals surface area contributed by atoms with Crippen molar-refractivity contribution in [3.05, 3.63) is 0 Å². The molecule has 148 valence electrons. The van der Waals surface area contributed by atoms with Crippen molar-refractivity contribution in [1.29, 1.82) is 0 Å². The van der Waals surface area contributed by atoms with Gasteiger partial charge in [-0.2, -0.15) is 0 Å². The molecule has 0 aliphatic rings. The van der Waals surface area contributed by atoms with Gasteiger partial charge in [0.05, 0.1) is 0 Å². The summed E-state index contributed by atoms with van der Waals surface area (Å²) in [4.78, 5) is 0. The van der Waals surface area contributed by atoms with Gasteiger partial charge in [-0.3, -0.25) is 0 Å². The molecule has 0 spiro atoms. The van der Waals surface area contributed by atoms with Gasteiger partial charge in [0, 0.05) is 19.8 Å². The number of hydrogen-bond donors (Lipinski definition) is 0. The van der Waals surface area contributed by atoms with Crippen LogP contribution in [0.5, 0.6) is 0 Å². The molecule has 0 saturated carbocycles. The molecule has 0 aromatic carbocycles. The highest BCUT2D eigenvalue weighted by atomic mass is 28.3. The molecule has 0 aliphatic carbocycles. The summed E-state index contributed by atoms with van der Waals surface area (Å²) in [7, 11) is -0.706. The van der Waals surface area contributed by atoms with E-state index in [1.165, 1.54) is 6.54 Å². The molecule has 0 atom stereocenters. The minimum atomic E-state index is -1.73. The predicted octanol–water partition coefficient (Wildman–Crippen LogP) is 4.93. The molecule has 0 fully saturated rings. The zero-order valence-corrected chi connectivity index (χ0v) is 20.5. The fourth-order valence-corrected chi connectivity index (χ4v) is 12.4. The Kier molecular flexibility index (Phi) is 15.9. The van der Waals surface area contributed by atoms with E-state index in [4.69, 9.17) is 13.3 Å². The minimum absolute atomic E-state index is 0.677. The topological polar surface area (TPSA) is 30.9 Å². The van der Waals surface area contributed by atoms with Crippen molar-refractivity contribution < 1.29 is 13.3 Å². The van der Waals surface area contributed by atoms with Gasteiger partial charge >= 0.3 is 9.53 Å². The molecule has 0 rings (SSSR count). The van der Waals surface area contributed by atoms with E-state index in [0.29, 0.717) is 19.8 Å². The lowest BCUT2D eigenvalue weighted by Gasteiger charge is -2.49. The lowest BCUT2D eigenvalue weighted by atomic mass is 10.5. The summed E-state index contributed by atoms with van der Waals surface area (Å²) >= 11 is 0. The molecule has 0 bridgehead atoms. The molecule has 0 saturated heterocycles. The maximum Gasteiger partial charge on any atom is 0.484 e. The van der Waals surface area contributed by atoms with Crippen LogP contribution < -0.4 is 0 Å². The second kappa shape index (κ2) is 14.4. The van der Waals surface area contributed by atoms with Crippen LogP contribution in [0, 0.1) is 0 Å². The SMILES string of the molecule is CCN(C)[Si](C(C)C)(C(C)C)C(C)C.CCO[SiH](OCC)OCC. The lowest BCUT2D eigenvalue weighted by molar-refractivity contribution is 0.107. The fraction of sp³-hybridized carbons (Fsp3) is 1.00. The summed E-state index contributed by atoms with van der Waals surface area (Å²) < 4.78 is 18.3. The predicted molar refractivity (Wildman–Crippen MR) is 111 cm³/mol. The van der Waals surface area contributed by atoms with Crippen LogP contribution in [-0.4, -0.2) is 55.7 Å². The molecule has 0 aliphatic heterocycles. The van der Waals surface area contributed by atoms with Crippen LogP contribution in [0.15, 0.2) is 0 Å². The van der Waals surface area contributed by atoms with Gasteiger partial charge in [0.1, 0.15) is 8.24 Å². The molecule has 4 nitrogen and oxygen atoms in total. The highest BCUT2D eigenvalue weighted by molar-refractivity contribution is 6.80. The van der Waals surface area contributed by atoms with E-state index in [-0.39, 0.29) is 0 Å². The van der Waals surface area contributed by atoms with Gasteiger partial charge in [-0.15, -0.1) is 0 Å². The molecule has 0 aromatic rings. The van der Waals surface area contributed by atoms with Crippen molar-refractivity contribution in [3.63, 3.8) is 0 Å². The highest BCUT2D eigenvalue weighted by Gasteiger charge is 2.45. The maximum atomic E-state index is 5.22. The van der Waals surface area contributed by atoms with E-state index in [0.717, 1.165) is 16.6 Å². The Morgan fingerprint density at radius 3 is 1.12 bits per heavy atom. The number of rotatable bonds is 11. The first kappa shape index (κ1) is 26.5. The first-order valence-corrected chi connectivity index (χ1v) is 13.3. The van der Waals surface area contributed by atoms with Gasteiger partial charge in [-0.25, -0.2) is 0 Å². The third-order valence-electron chi connectivity index (χ3n) is 4.82. The summed E-state index contributed by atoms with van der Waals surface area (Å²) in [6, 6.07) is 0. The molecule has 0 amide bonds. The second-order valence-electron chi connectivity index (χ2n) is 7.02. The van der Waals surface area contributed by atoms with Gasteiger partial charge in [-0.1, -0.05) is 48.5 Å². The molecule has 0 radical (unpaired) electrons. The molecule has 0 N–H and O–H groups in total. The van der Waals surface area contributed by atoms with Crippen molar-refractivity contribution in [2.75, 3.05) is 33.4 Å². The monoisotopic (exact) mass is 379 g/mol. The van der Waals surface area contributed by atoms with Gasteiger partial charge in [0.15, 0.2) is 0 Å². The summed E-state index contributed by atoms with van der Waals surface area (Å²) in [5, 5.41) is 0. The summed E-state index contributed by atoms with van der Waals surface area (Å²) in [6.07, 6.45) is 0. The van der Waals surface area contributed by atoms with Crippen molar-refractivity contribution >= 4 is 17.8 Å². The van der Waals surface area contributed by atoms with Crippen LogP contribution in [0.1, 0.15) is 69.2 Å². The third kappa shape index (κ3) is 8.10. The minimum Gasteiger partial charge on any atom is -0.376 e. The van der Waals surface area contributed by atoms with Crippen molar-refractivity contribution in [1.82, 2.24) is 4.57 Å². The Morgan fingerprint density at radius 1 is 0.708 bits per heavy atom. The molecule has 0 heterocycles. The van der Waals surface area contributed by atoms with Gasteiger partial charge in [0.2, 0.25) is 0 Å². The van der Waals surface area contributed by atoms with Crippen molar-refractivity contribution in [3.8, 4) is 0 Å². The Hall–Kier alpha value is 0.274. The first-order valence-electron chi connectivity index (χ1n) is 9.72. The molecule has 0 unspecified atom stereocenters. The Labute approximate surface area is 155 Å². The highest BCUT2D eigenvalue weighted by Crippen LogP contribution is 2.42. The van der Waals surface area contributed by atoms with Crippen LogP contribution in [0.2, 0.25) is 16.6 Å². The summed E-state index contributed by atoms with van der Waals surface area (Å²) in [5.74, 6) is 0. The zero-order valence-electron chi connectivity index (χ0n) is 18.3. The van der Waals surface area contributed by atoms with Gasteiger partial charge < -0.3 is 17.8 Å². The van der Waals surface area contributed by atoms with E-state index in [2.05, 4.69) is 60.1 Å². The largest absolute Gasteiger partial charge is 0.484 e. The average Bonchev–Trinajstić information content (AvgIpc) is 2.48. The van der Waals surface area contributed by atoms with E-state index >= 15 is 0 Å². The van der Waals surface area contributed by atoms with Gasteiger partial charge in [0.25, 0.3) is 0 Å². The second-order valence-corrected chi connectivity index (χ2v) is 14.6. The van der Waals surface area contributed by atoms with Crippen molar-refractivity contribution in [2.24, 2.45) is 0 Å². The van der Waals surface area contributed by atoms with Crippen LogP contribution in [0.25, 0.3) is 0 Å². The van der Waals surface area contributed by atoms with Crippen LogP contribution >= 0.6 is 0 Å². The van der Waals surface area contributed by atoms with Crippen LogP contribution in [-0.2, 0) is 13.3 Å². The van der Waals surface area contributed by atoms with E-state index in [1.807, 2.05) is 20.8 Å². The fourth-order valence-electron chi connectivity index (χ4n) is 4.15. The average molecular weight is 380 g/mol. The maximum absolute atomic E-state index is 5.22. The molecule has 24 heavy (non-hydrogen) atoms. The summed E-state index contributed by atoms with van der Waals surface area (Å²) in [6.45, 7) is 25.8. The lowest BCUT2D eigenvalue weighted by Crippen LogP contribution is -2.58. The Bertz CT molecular complexity index is 253. The standard InChI is InChI=1S/C12H29NSi.C6H16O3Si/c1-9-13(8)14(10(2)3,11(4)5)12(6)7;1-4-7-10(8-5-2)9-6-3/h10-12H,9H2,1-8H3;10H,4-6H2,1-3H3. The van der Waals surface area contributed by atoms with Crippen LogP contribution in [0.3, 0.4) is 0 Å².